The van der Waals surface area contributed by atoms with Crippen LogP contribution in [0.25, 0.3) is 0 Å². The summed E-state index contributed by atoms with van der Waals surface area (Å²) >= 11 is 7.33. The van der Waals surface area contributed by atoms with Gasteiger partial charge in [-0.3, -0.25) is 9.59 Å². The van der Waals surface area contributed by atoms with Crippen molar-refractivity contribution in [1.82, 2.24) is 5.32 Å². The van der Waals surface area contributed by atoms with Gasteiger partial charge in [-0.25, -0.2) is 0 Å². The molecule has 172 valence electrons. The number of allylic oxidation sites excluding steroid dienone is 4. The first kappa shape index (κ1) is 23.7. The molecule has 1 aromatic carbocycles. The minimum absolute atomic E-state index is 0.0985. The van der Waals surface area contributed by atoms with Gasteiger partial charge in [-0.2, -0.15) is 0 Å². The molecule has 6 heteroatoms. The van der Waals surface area contributed by atoms with Crippen molar-refractivity contribution in [1.29, 1.82) is 0 Å². The van der Waals surface area contributed by atoms with Crippen LogP contribution < -0.4 is 10.1 Å². The Morgan fingerprint density at radius 3 is 1.81 bits per heavy atom. The number of carbonyl (C=O) groups is 2. The van der Waals surface area contributed by atoms with E-state index in [0.29, 0.717) is 19.4 Å². The summed E-state index contributed by atoms with van der Waals surface area (Å²) in [4.78, 5) is 26.9. The summed E-state index contributed by atoms with van der Waals surface area (Å²) in [6.45, 7) is 11.2. The standard InChI is InChI=1S/C26H31Br2NO3/c1-6-7-32-24-15(27)8-14(9-16(24)28)21-22-17(10-25(2,3)12-19(22)30)29-18-11-26(4,5)13-20(31)23(18)21/h8-9,21,29H,6-7,10-13H2,1-5H3. The van der Waals surface area contributed by atoms with E-state index in [9.17, 15) is 9.59 Å². The van der Waals surface area contributed by atoms with E-state index in [1.54, 1.807) is 0 Å². The van der Waals surface area contributed by atoms with Crippen LogP contribution in [0.5, 0.6) is 5.75 Å². The maximum Gasteiger partial charge on any atom is 0.162 e. The van der Waals surface area contributed by atoms with Gasteiger partial charge in [0.2, 0.25) is 0 Å². The van der Waals surface area contributed by atoms with E-state index in [4.69, 9.17) is 4.74 Å². The van der Waals surface area contributed by atoms with Crippen molar-refractivity contribution in [3.63, 3.8) is 0 Å². The van der Waals surface area contributed by atoms with Crippen molar-refractivity contribution in [2.75, 3.05) is 6.61 Å². The molecule has 0 saturated carbocycles. The molecule has 1 aromatic rings. The van der Waals surface area contributed by atoms with Crippen LogP contribution in [0.15, 0.2) is 43.6 Å². The zero-order valence-corrected chi connectivity index (χ0v) is 22.6. The minimum Gasteiger partial charge on any atom is -0.491 e. The summed E-state index contributed by atoms with van der Waals surface area (Å²) in [5.41, 5.74) is 4.24. The molecular weight excluding hydrogens is 534 g/mol. The molecule has 1 N–H and O–H groups in total. The number of carbonyl (C=O) groups excluding carboxylic acids is 2. The minimum atomic E-state index is -0.346. The van der Waals surface area contributed by atoms with Crippen LogP contribution in [0.4, 0.5) is 0 Å². The lowest BCUT2D eigenvalue weighted by Gasteiger charge is -2.44. The van der Waals surface area contributed by atoms with E-state index in [-0.39, 0.29) is 28.3 Å². The Morgan fingerprint density at radius 2 is 1.38 bits per heavy atom. The number of benzene rings is 1. The van der Waals surface area contributed by atoms with Crippen molar-refractivity contribution >= 4 is 43.4 Å². The molecule has 0 fully saturated rings. The van der Waals surface area contributed by atoms with Crippen LogP contribution in [-0.4, -0.2) is 18.2 Å². The first-order valence-electron chi connectivity index (χ1n) is 11.3. The van der Waals surface area contributed by atoms with E-state index in [1.165, 1.54) is 0 Å². The third-order valence-electron chi connectivity index (χ3n) is 6.52. The van der Waals surface area contributed by atoms with Crippen molar-refractivity contribution < 1.29 is 14.3 Å². The lowest BCUT2D eigenvalue weighted by Crippen LogP contribution is -2.42. The average molecular weight is 565 g/mol. The molecule has 0 unspecified atom stereocenters. The second kappa shape index (κ2) is 8.43. The van der Waals surface area contributed by atoms with Crippen LogP contribution in [0.3, 0.4) is 0 Å². The number of ketones is 2. The van der Waals surface area contributed by atoms with E-state index >= 15 is 0 Å². The topological polar surface area (TPSA) is 55.4 Å². The normalized spacial score (nSPS) is 22.5. The number of nitrogens with one attached hydrogen (secondary N) is 1. The zero-order chi connectivity index (χ0) is 23.4. The van der Waals surface area contributed by atoms with Crippen molar-refractivity contribution in [2.24, 2.45) is 10.8 Å². The third-order valence-corrected chi connectivity index (χ3v) is 7.70. The van der Waals surface area contributed by atoms with Crippen LogP contribution in [0.2, 0.25) is 0 Å². The Balaban J connectivity index is 1.89. The van der Waals surface area contributed by atoms with Gasteiger partial charge in [-0.1, -0.05) is 34.6 Å². The molecule has 2 aliphatic carbocycles. The molecular formula is C26H31Br2NO3. The van der Waals surface area contributed by atoms with E-state index < -0.39 is 0 Å². The summed E-state index contributed by atoms with van der Waals surface area (Å²) in [7, 11) is 0. The van der Waals surface area contributed by atoms with Crippen LogP contribution in [0, 0.1) is 10.8 Å². The molecule has 32 heavy (non-hydrogen) atoms. The number of rotatable bonds is 4. The van der Waals surface area contributed by atoms with Gasteiger partial charge in [-0.05, 0) is 79.6 Å². The third kappa shape index (κ3) is 4.37. The second-order valence-corrected chi connectivity index (χ2v) is 12.6. The zero-order valence-electron chi connectivity index (χ0n) is 19.5. The number of hydrogen-bond acceptors (Lipinski definition) is 4. The molecule has 0 atom stereocenters. The van der Waals surface area contributed by atoms with Gasteiger partial charge >= 0.3 is 0 Å². The summed E-state index contributed by atoms with van der Waals surface area (Å²) in [5, 5.41) is 3.57. The summed E-state index contributed by atoms with van der Waals surface area (Å²) in [5.74, 6) is 0.675. The van der Waals surface area contributed by atoms with Crippen molar-refractivity contribution in [3.05, 3.63) is 49.2 Å². The predicted octanol–water partition coefficient (Wildman–Crippen LogP) is 6.97. The predicted molar refractivity (Wildman–Crippen MR) is 134 cm³/mol. The molecule has 0 radical (unpaired) electrons. The SMILES string of the molecule is CCCOc1c(Br)cc(C2C3=C(CC(C)(C)CC3=O)NC3=C2C(=O)CC(C)(C)C3)cc1Br. The molecule has 4 rings (SSSR count). The molecule has 0 amide bonds. The van der Waals surface area contributed by atoms with Gasteiger partial charge < -0.3 is 10.1 Å². The van der Waals surface area contributed by atoms with E-state index in [2.05, 4.69) is 71.8 Å². The first-order valence-corrected chi connectivity index (χ1v) is 12.9. The van der Waals surface area contributed by atoms with Gasteiger partial charge in [0.1, 0.15) is 5.75 Å². The lowest BCUT2D eigenvalue weighted by atomic mass is 9.64. The van der Waals surface area contributed by atoms with Gasteiger partial charge in [0, 0.05) is 41.3 Å². The number of hydrogen-bond donors (Lipinski definition) is 1. The molecule has 4 nitrogen and oxygen atoms in total. The largest absolute Gasteiger partial charge is 0.491 e. The fraction of sp³-hybridized carbons (Fsp3) is 0.538. The summed E-state index contributed by atoms with van der Waals surface area (Å²) in [6, 6.07) is 4.03. The molecule has 0 spiro atoms. The quantitative estimate of drug-likeness (QED) is 0.429. The highest BCUT2D eigenvalue weighted by molar-refractivity contribution is 9.11. The second-order valence-electron chi connectivity index (χ2n) is 10.9. The van der Waals surface area contributed by atoms with Crippen molar-refractivity contribution in [3.8, 4) is 5.75 Å². The molecule has 0 aromatic heterocycles. The highest BCUT2D eigenvalue weighted by Crippen LogP contribution is 2.52. The Morgan fingerprint density at radius 1 is 0.906 bits per heavy atom. The Bertz CT molecular complexity index is 990. The van der Waals surface area contributed by atoms with Gasteiger partial charge in [0.05, 0.1) is 15.6 Å². The van der Waals surface area contributed by atoms with Gasteiger partial charge in [0.25, 0.3) is 0 Å². The lowest BCUT2D eigenvalue weighted by molar-refractivity contribution is -0.119. The maximum atomic E-state index is 13.4. The number of Topliss-reactive ketones (excluding diaryl/α,β-unsaturated/α-hetero) is 2. The number of ether oxygens (including phenoxy) is 1. The molecule has 3 aliphatic rings. The Hall–Kier alpha value is -1.40. The van der Waals surface area contributed by atoms with Gasteiger partial charge in [0.15, 0.2) is 11.6 Å². The smallest absolute Gasteiger partial charge is 0.162 e. The Kier molecular flexibility index (Phi) is 6.25. The highest BCUT2D eigenvalue weighted by Gasteiger charge is 2.46. The number of dihydropyridines is 1. The molecule has 1 aliphatic heterocycles. The summed E-state index contributed by atoms with van der Waals surface area (Å²) in [6.07, 6.45) is 3.50. The number of halogens is 2. The monoisotopic (exact) mass is 563 g/mol. The van der Waals surface area contributed by atoms with Crippen molar-refractivity contribution in [2.45, 2.75) is 72.6 Å². The van der Waals surface area contributed by atoms with Crippen LogP contribution in [-0.2, 0) is 9.59 Å². The molecule has 0 saturated heterocycles. The Labute approximate surface area is 207 Å². The summed E-state index contributed by atoms with van der Waals surface area (Å²) < 4.78 is 7.55. The molecule has 1 heterocycles. The van der Waals surface area contributed by atoms with Crippen LogP contribution >= 0.6 is 31.9 Å². The fourth-order valence-corrected chi connectivity index (χ4v) is 6.76. The van der Waals surface area contributed by atoms with Gasteiger partial charge in [-0.15, -0.1) is 0 Å². The maximum absolute atomic E-state index is 13.4. The average Bonchev–Trinajstić information content (AvgIpc) is 2.63. The fourth-order valence-electron chi connectivity index (χ4n) is 5.31. The first-order chi connectivity index (χ1) is 14.9. The highest BCUT2D eigenvalue weighted by atomic mass is 79.9. The van der Waals surface area contributed by atoms with Crippen LogP contribution in [0.1, 0.15) is 78.2 Å². The molecule has 0 bridgehead atoms. The van der Waals surface area contributed by atoms with E-state index in [1.807, 2.05) is 12.1 Å². The van der Waals surface area contributed by atoms with E-state index in [0.717, 1.165) is 62.1 Å².